The van der Waals surface area contributed by atoms with Crippen molar-refractivity contribution in [2.24, 2.45) is 11.8 Å². The summed E-state index contributed by atoms with van der Waals surface area (Å²) in [5, 5.41) is 8.97. The van der Waals surface area contributed by atoms with Crippen LogP contribution in [0.5, 0.6) is 0 Å². The Balaban J connectivity index is 2.25. The fourth-order valence-corrected chi connectivity index (χ4v) is 3.62. The monoisotopic (exact) mass is 270 g/mol. The van der Waals surface area contributed by atoms with Gasteiger partial charge in [-0.1, -0.05) is 19.9 Å². The molecular weight excluding hydrogens is 252 g/mol. The van der Waals surface area contributed by atoms with Crippen LogP contribution in [0.15, 0.2) is 23.4 Å². The van der Waals surface area contributed by atoms with Crippen molar-refractivity contribution in [3.05, 3.63) is 23.9 Å². The molecule has 2 atom stereocenters. The molecule has 1 aromatic heterocycles. The lowest BCUT2D eigenvalue weighted by molar-refractivity contribution is 0.281. The van der Waals surface area contributed by atoms with Crippen LogP contribution in [0.4, 0.5) is 0 Å². The van der Waals surface area contributed by atoms with Crippen molar-refractivity contribution >= 4 is 10.0 Å². The zero-order valence-corrected chi connectivity index (χ0v) is 11.4. The van der Waals surface area contributed by atoms with Crippen LogP contribution in [0.25, 0.3) is 0 Å². The smallest absolute Gasteiger partial charge is 0.260 e. The maximum atomic E-state index is 12.3. The summed E-state index contributed by atoms with van der Waals surface area (Å²) in [6, 6.07) is 3.04. The van der Waals surface area contributed by atoms with Crippen LogP contribution in [0.3, 0.4) is 0 Å². The van der Waals surface area contributed by atoms with E-state index in [1.807, 2.05) is 0 Å². The van der Waals surface area contributed by atoms with Crippen molar-refractivity contribution in [2.75, 3.05) is 13.1 Å². The standard InChI is InChI=1S/C12H18N2O3S/c1-9-6-14(7-10(9)2)18(16,17)12-4-3-11(8-15)5-13-12/h3-5,9-10,15H,6-8H2,1-2H3. The molecule has 0 aliphatic carbocycles. The summed E-state index contributed by atoms with van der Waals surface area (Å²) in [5.74, 6) is 0.744. The van der Waals surface area contributed by atoms with E-state index in [9.17, 15) is 8.42 Å². The quantitative estimate of drug-likeness (QED) is 0.884. The number of aliphatic hydroxyl groups excluding tert-OH is 1. The van der Waals surface area contributed by atoms with Gasteiger partial charge in [0.25, 0.3) is 10.0 Å². The Bertz CT molecular complexity index is 503. The Morgan fingerprint density at radius 2 is 1.94 bits per heavy atom. The zero-order chi connectivity index (χ0) is 13.3. The third-order valence-electron chi connectivity index (χ3n) is 3.54. The first kappa shape index (κ1) is 13.5. The van der Waals surface area contributed by atoms with E-state index in [4.69, 9.17) is 5.11 Å². The second-order valence-electron chi connectivity index (χ2n) is 4.94. The summed E-state index contributed by atoms with van der Waals surface area (Å²) in [4.78, 5) is 3.93. The molecular formula is C12H18N2O3S. The van der Waals surface area contributed by atoms with Crippen molar-refractivity contribution in [3.63, 3.8) is 0 Å². The molecule has 1 N–H and O–H groups in total. The Hall–Kier alpha value is -0.980. The minimum absolute atomic E-state index is 0.0565. The molecule has 0 aromatic carbocycles. The van der Waals surface area contributed by atoms with Gasteiger partial charge in [-0.2, -0.15) is 4.31 Å². The fourth-order valence-electron chi connectivity index (χ4n) is 2.06. The van der Waals surface area contributed by atoms with Gasteiger partial charge in [-0.05, 0) is 23.5 Å². The van der Waals surface area contributed by atoms with Crippen molar-refractivity contribution < 1.29 is 13.5 Å². The Kier molecular flexibility index (Phi) is 3.70. The molecule has 1 saturated heterocycles. The van der Waals surface area contributed by atoms with Crippen LogP contribution < -0.4 is 0 Å². The summed E-state index contributed by atoms with van der Waals surface area (Å²) >= 11 is 0. The number of rotatable bonds is 3. The first-order valence-corrected chi connectivity index (χ1v) is 7.45. The highest BCUT2D eigenvalue weighted by Gasteiger charge is 2.35. The summed E-state index contributed by atoms with van der Waals surface area (Å²) in [7, 11) is -3.49. The highest BCUT2D eigenvalue weighted by molar-refractivity contribution is 7.89. The number of aromatic nitrogens is 1. The van der Waals surface area contributed by atoms with Gasteiger partial charge in [-0.25, -0.2) is 13.4 Å². The van der Waals surface area contributed by atoms with Gasteiger partial charge in [0.1, 0.15) is 0 Å². The average molecular weight is 270 g/mol. The molecule has 5 nitrogen and oxygen atoms in total. The lowest BCUT2D eigenvalue weighted by atomic mass is 10.0. The highest BCUT2D eigenvalue weighted by Crippen LogP contribution is 2.27. The molecule has 1 aromatic rings. The molecule has 1 aliphatic rings. The van der Waals surface area contributed by atoms with Crippen LogP contribution >= 0.6 is 0 Å². The van der Waals surface area contributed by atoms with Crippen LogP contribution in [-0.4, -0.2) is 35.9 Å². The minimum atomic E-state index is -3.49. The largest absolute Gasteiger partial charge is 0.392 e. The third kappa shape index (κ3) is 2.41. The minimum Gasteiger partial charge on any atom is -0.392 e. The molecule has 2 unspecified atom stereocenters. The maximum Gasteiger partial charge on any atom is 0.260 e. The molecule has 1 fully saturated rings. The van der Waals surface area contributed by atoms with Gasteiger partial charge in [-0.15, -0.1) is 0 Å². The third-order valence-corrected chi connectivity index (χ3v) is 5.29. The number of aliphatic hydroxyl groups is 1. The van der Waals surface area contributed by atoms with Crippen molar-refractivity contribution in [1.29, 1.82) is 0 Å². The molecule has 0 spiro atoms. The van der Waals surface area contributed by atoms with Gasteiger partial charge in [0.15, 0.2) is 5.03 Å². The lowest BCUT2D eigenvalue weighted by Crippen LogP contribution is -2.29. The van der Waals surface area contributed by atoms with Crippen molar-refractivity contribution in [3.8, 4) is 0 Å². The number of hydrogen-bond donors (Lipinski definition) is 1. The Labute approximate surface area is 108 Å². The van der Waals surface area contributed by atoms with Crippen molar-refractivity contribution in [2.45, 2.75) is 25.5 Å². The van der Waals surface area contributed by atoms with E-state index in [1.165, 1.54) is 16.6 Å². The number of pyridine rings is 1. The topological polar surface area (TPSA) is 70.5 Å². The molecule has 0 saturated carbocycles. The molecule has 0 bridgehead atoms. The van der Waals surface area contributed by atoms with Gasteiger partial charge >= 0.3 is 0 Å². The van der Waals surface area contributed by atoms with Gasteiger partial charge < -0.3 is 5.11 Å². The molecule has 18 heavy (non-hydrogen) atoms. The van der Waals surface area contributed by atoms with Crippen LogP contribution in [0.1, 0.15) is 19.4 Å². The molecule has 0 amide bonds. The highest BCUT2D eigenvalue weighted by atomic mass is 32.2. The van der Waals surface area contributed by atoms with Gasteiger partial charge in [0.05, 0.1) is 6.61 Å². The summed E-state index contributed by atoms with van der Waals surface area (Å²) in [6.07, 6.45) is 1.40. The van der Waals surface area contributed by atoms with Gasteiger partial charge in [0, 0.05) is 19.3 Å². The predicted octanol–water partition coefficient (Wildman–Crippen LogP) is 0.850. The molecule has 1 aliphatic heterocycles. The molecule has 100 valence electrons. The van der Waals surface area contributed by atoms with E-state index in [0.29, 0.717) is 30.5 Å². The van der Waals surface area contributed by atoms with E-state index < -0.39 is 10.0 Å². The molecule has 6 heteroatoms. The van der Waals surface area contributed by atoms with E-state index in [2.05, 4.69) is 18.8 Å². The van der Waals surface area contributed by atoms with Gasteiger partial charge in [0.2, 0.25) is 0 Å². The number of sulfonamides is 1. The van der Waals surface area contributed by atoms with Crippen LogP contribution in [-0.2, 0) is 16.6 Å². The first-order valence-electron chi connectivity index (χ1n) is 6.01. The number of nitrogens with zero attached hydrogens (tertiary/aromatic N) is 2. The van der Waals surface area contributed by atoms with Crippen LogP contribution in [0.2, 0.25) is 0 Å². The van der Waals surface area contributed by atoms with Crippen LogP contribution in [0, 0.1) is 11.8 Å². The first-order chi connectivity index (χ1) is 8.45. The molecule has 0 radical (unpaired) electrons. The fraction of sp³-hybridized carbons (Fsp3) is 0.583. The lowest BCUT2D eigenvalue weighted by Gasteiger charge is -2.15. The van der Waals surface area contributed by atoms with E-state index in [-0.39, 0.29) is 11.6 Å². The molecule has 2 rings (SSSR count). The predicted molar refractivity (Wildman–Crippen MR) is 67.2 cm³/mol. The van der Waals surface area contributed by atoms with E-state index in [1.54, 1.807) is 6.07 Å². The normalized spacial score (nSPS) is 25.5. The summed E-state index contributed by atoms with van der Waals surface area (Å²) < 4.78 is 26.1. The molecule has 2 heterocycles. The second-order valence-corrected chi connectivity index (χ2v) is 6.82. The Morgan fingerprint density at radius 1 is 1.33 bits per heavy atom. The van der Waals surface area contributed by atoms with Crippen molar-refractivity contribution in [1.82, 2.24) is 9.29 Å². The average Bonchev–Trinajstić information content (AvgIpc) is 2.70. The summed E-state index contributed by atoms with van der Waals surface area (Å²) in [5.41, 5.74) is 0.608. The number of hydrogen-bond acceptors (Lipinski definition) is 4. The maximum absolute atomic E-state index is 12.3. The second kappa shape index (κ2) is 4.95. The van der Waals surface area contributed by atoms with Gasteiger partial charge in [-0.3, -0.25) is 0 Å². The Morgan fingerprint density at radius 3 is 2.39 bits per heavy atom. The van der Waals surface area contributed by atoms with E-state index in [0.717, 1.165) is 0 Å². The zero-order valence-electron chi connectivity index (χ0n) is 10.6. The SMILES string of the molecule is CC1CN(S(=O)(=O)c2ccc(CO)cn2)CC1C. The summed E-state index contributed by atoms with van der Waals surface area (Å²) in [6.45, 7) is 5.08. The van der Waals surface area contributed by atoms with E-state index >= 15 is 0 Å².